The molecule has 0 aliphatic carbocycles. The van der Waals surface area contributed by atoms with Crippen molar-refractivity contribution in [2.24, 2.45) is 0 Å². The summed E-state index contributed by atoms with van der Waals surface area (Å²) in [4.78, 5) is 0. The first-order valence-electron chi connectivity index (χ1n) is 5.18. The lowest BCUT2D eigenvalue weighted by atomic mass is 10.3. The van der Waals surface area contributed by atoms with Crippen LogP contribution in [0.4, 0.5) is 0 Å². The minimum atomic E-state index is 0.197. The van der Waals surface area contributed by atoms with Crippen molar-refractivity contribution in [3.63, 3.8) is 0 Å². The van der Waals surface area contributed by atoms with Gasteiger partial charge in [-0.1, -0.05) is 5.21 Å². The third-order valence-corrected chi connectivity index (χ3v) is 3.72. The van der Waals surface area contributed by atoms with Gasteiger partial charge in [0, 0.05) is 24.9 Å². The van der Waals surface area contributed by atoms with Crippen LogP contribution >= 0.6 is 11.8 Å². The maximum atomic E-state index is 8.70. The fraction of sp³-hybridized carbons (Fsp3) is 0.778. The first kappa shape index (κ1) is 10.9. The first-order valence-corrected chi connectivity index (χ1v) is 6.23. The van der Waals surface area contributed by atoms with Crippen LogP contribution in [-0.2, 0) is 6.54 Å². The number of hydrogen-bond acceptors (Lipinski definition) is 5. The molecule has 1 saturated heterocycles. The first-order chi connectivity index (χ1) is 7.29. The van der Waals surface area contributed by atoms with Crippen molar-refractivity contribution in [3.8, 4) is 0 Å². The molecular formula is C9H16N4OS. The molecule has 2 atom stereocenters. The monoisotopic (exact) mass is 228 g/mol. The Hall–Kier alpha value is -0.590. The lowest BCUT2D eigenvalue weighted by Gasteiger charge is -2.05. The molecule has 2 rings (SSSR count). The summed E-state index contributed by atoms with van der Waals surface area (Å²) in [5.41, 5.74) is 0.988. The molecule has 0 radical (unpaired) electrons. The van der Waals surface area contributed by atoms with E-state index in [4.69, 9.17) is 5.11 Å². The van der Waals surface area contributed by atoms with Crippen LogP contribution in [0.2, 0.25) is 0 Å². The third kappa shape index (κ3) is 2.70. The summed E-state index contributed by atoms with van der Waals surface area (Å²) in [6, 6.07) is 0.544. The van der Waals surface area contributed by atoms with Crippen molar-refractivity contribution in [1.29, 1.82) is 0 Å². The van der Waals surface area contributed by atoms with Crippen molar-refractivity contribution in [3.05, 3.63) is 11.9 Å². The highest BCUT2D eigenvalue weighted by atomic mass is 32.2. The molecule has 2 unspecified atom stereocenters. The van der Waals surface area contributed by atoms with Crippen molar-refractivity contribution >= 4 is 11.8 Å². The summed E-state index contributed by atoms with van der Waals surface area (Å²) in [6.07, 6.45) is 2.68. The van der Waals surface area contributed by atoms with E-state index in [9.17, 15) is 0 Å². The number of aliphatic hydroxyl groups excluding tert-OH is 1. The zero-order valence-corrected chi connectivity index (χ0v) is 9.57. The fourth-order valence-corrected chi connectivity index (χ4v) is 2.73. The van der Waals surface area contributed by atoms with Gasteiger partial charge in [0.2, 0.25) is 0 Å². The Morgan fingerprint density at radius 2 is 2.60 bits per heavy atom. The smallest absolute Gasteiger partial charge is 0.110 e. The van der Waals surface area contributed by atoms with Crippen LogP contribution in [-0.4, -0.2) is 38.5 Å². The molecule has 1 aliphatic heterocycles. The molecule has 2 N–H and O–H groups in total. The molecule has 1 fully saturated rings. The van der Waals surface area contributed by atoms with Gasteiger partial charge in [-0.15, -0.1) is 16.9 Å². The SMILES string of the molecule is CC1CSC(c2cn(CCCO)nn2)N1. The van der Waals surface area contributed by atoms with Gasteiger partial charge in [0.1, 0.15) is 5.69 Å². The van der Waals surface area contributed by atoms with Gasteiger partial charge in [-0.3, -0.25) is 10.00 Å². The number of rotatable bonds is 4. The molecule has 84 valence electrons. The quantitative estimate of drug-likeness (QED) is 0.780. The zero-order chi connectivity index (χ0) is 10.7. The highest BCUT2D eigenvalue weighted by Gasteiger charge is 2.24. The van der Waals surface area contributed by atoms with Crippen LogP contribution in [0.3, 0.4) is 0 Å². The summed E-state index contributed by atoms with van der Waals surface area (Å²) in [5.74, 6) is 1.12. The van der Waals surface area contributed by atoms with E-state index in [0.29, 0.717) is 6.04 Å². The molecule has 0 bridgehead atoms. The molecular weight excluding hydrogens is 212 g/mol. The number of thioether (sulfide) groups is 1. The van der Waals surface area contributed by atoms with Crippen LogP contribution in [0.15, 0.2) is 6.20 Å². The topological polar surface area (TPSA) is 63.0 Å². The molecule has 1 aliphatic rings. The summed E-state index contributed by atoms with van der Waals surface area (Å²) in [5, 5.41) is 20.6. The highest BCUT2D eigenvalue weighted by Crippen LogP contribution is 2.30. The summed E-state index contributed by atoms with van der Waals surface area (Å²) in [6.45, 7) is 3.10. The average Bonchev–Trinajstić information content (AvgIpc) is 2.83. The van der Waals surface area contributed by atoms with Gasteiger partial charge in [0.15, 0.2) is 0 Å². The zero-order valence-electron chi connectivity index (χ0n) is 8.76. The Labute approximate surface area is 93.2 Å². The number of hydrogen-bond donors (Lipinski definition) is 2. The minimum Gasteiger partial charge on any atom is -0.396 e. The number of aryl methyl sites for hydroxylation is 1. The van der Waals surface area contributed by atoms with E-state index < -0.39 is 0 Å². The van der Waals surface area contributed by atoms with Crippen molar-refractivity contribution in [2.75, 3.05) is 12.4 Å². The fourth-order valence-electron chi connectivity index (χ4n) is 1.54. The Morgan fingerprint density at radius 3 is 3.27 bits per heavy atom. The van der Waals surface area contributed by atoms with Gasteiger partial charge in [-0.2, -0.15) is 0 Å². The summed E-state index contributed by atoms with van der Waals surface area (Å²) < 4.78 is 1.79. The molecule has 1 aromatic heterocycles. The van der Waals surface area contributed by atoms with Crippen LogP contribution in [0.5, 0.6) is 0 Å². The van der Waals surface area contributed by atoms with E-state index in [1.807, 2.05) is 18.0 Å². The second kappa shape index (κ2) is 4.96. The Balaban J connectivity index is 1.94. The van der Waals surface area contributed by atoms with Crippen LogP contribution < -0.4 is 5.32 Å². The molecule has 6 heteroatoms. The van der Waals surface area contributed by atoms with Gasteiger partial charge in [-0.25, -0.2) is 0 Å². The van der Waals surface area contributed by atoms with Crippen LogP contribution in [0.1, 0.15) is 24.4 Å². The van der Waals surface area contributed by atoms with E-state index in [-0.39, 0.29) is 12.0 Å². The van der Waals surface area contributed by atoms with E-state index in [1.54, 1.807) is 4.68 Å². The molecule has 0 saturated carbocycles. The highest BCUT2D eigenvalue weighted by molar-refractivity contribution is 7.99. The van der Waals surface area contributed by atoms with Gasteiger partial charge in [-0.05, 0) is 13.3 Å². The van der Waals surface area contributed by atoms with Crippen LogP contribution in [0.25, 0.3) is 0 Å². The second-order valence-electron chi connectivity index (χ2n) is 3.76. The Kier molecular flexibility index (Phi) is 3.61. The van der Waals surface area contributed by atoms with Crippen molar-refractivity contribution < 1.29 is 5.11 Å². The number of nitrogens with zero attached hydrogens (tertiary/aromatic N) is 3. The normalized spacial score (nSPS) is 26.0. The van der Waals surface area contributed by atoms with Crippen molar-refractivity contribution in [2.45, 2.75) is 31.3 Å². The lowest BCUT2D eigenvalue weighted by molar-refractivity contribution is 0.276. The molecule has 1 aromatic rings. The van der Waals surface area contributed by atoms with Gasteiger partial charge in [0.05, 0.1) is 11.6 Å². The standard InChI is InChI=1S/C9H16N4OS/c1-7-6-15-9(10-7)8-5-13(12-11-8)3-2-4-14/h5,7,9-10,14H,2-4,6H2,1H3. The van der Waals surface area contributed by atoms with E-state index in [0.717, 1.165) is 24.4 Å². The van der Waals surface area contributed by atoms with Crippen LogP contribution in [0, 0.1) is 0 Å². The number of nitrogens with one attached hydrogen (secondary N) is 1. The van der Waals surface area contributed by atoms with E-state index >= 15 is 0 Å². The molecule has 0 aromatic carbocycles. The molecule has 0 spiro atoms. The summed E-state index contributed by atoms with van der Waals surface area (Å²) >= 11 is 1.86. The number of aliphatic hydroxyl groups is 1. The largest absolute Gasteiger partial charge is 0.396 e. The third-order valence-electron chi connectivity index (χ3n) is 2.32. The predicted molar refractivity (Wildman–Crippen MR) is 59.5 cm³/mol. The number of aromatic nitrogens is 3. The summed E-state index contributed by atoms with van der Waals surface area (Å²) in [7, 11) is 0. The molecule has 5 nitrogen and oxygen atoms in total. The molecule has 0 amide bonds. The second-order valence-corrected chi connectivity index (χ2v) is 4.90. The lowest BCUT2D eigenvalue weighted by Crippen LogP contribution is -2.22. The maximum Gasteiger partial charge on any atom is 0.110 e. The maximum absolute atomic E-state index is 8.70. The van der Waals surface area contributed by atoms with Gasteiger partial charge >= 0.3 is 0 Å². The molecule has 2 heterocycles. The van der Waals surface area contributed by atoms with Crippen molar-refractivity contribution in [1.82, 2.24) is 20.3 Å². The minimum absolute atomic E-state index is 0.197. The van der Waals surface area contributed by atoms with Gasteiger partial charge < -0.3 is 5.11 Å². The van der Waals surface area contributed by atoms with Gasteiger partial charge in [0.25, 0.3) is 0 Å². The van der Waals surface area contributed by atoms with E-state index in [1.165, 1.54) is 0 Å². The Morgan fingerprint density at radius 1 is 1.73 bits per heavy atom. The average molecular weight is 228 g/mol. The molecule has 15 heavy (non-hydrogen) atoms. The predicted octanol–water partition coefficient (Wildman–Crippen LogP) is 0.384. The Bertz CT molecular complexity index is 317. The van der Waals surface area contributed by atoms with E-state index in [2.05, 4.69) is 22.6 Å².